The molecule has 3 rings (SSSR count). The van der Waals surface area contributed by atoms with Crippen LogP contribution in [0.25, 0.3) is 0 Å². The summed E-state index contributed by atoms with van der Waals surface area (Å²) in [5.41, 5.74) is 1.81. The first kappa shape index (κ1) is 20.0. The second-order valence-corrected chi connectivity index (χ2v) is 6.80. The molecular weight excluding hydrogens is 356 g/mol. The van der Waals surface area contributed by atoms with Crippen LogP contribution in [0.1, 0.15) is 15.9 Å². The van der Waals surface area contributed by atoms with Crippen LogP contribution in [0, 0.1) is 0 Å². The maximum Gasteiger partial charge on any atom is 0.254 e. The first-order valence-corrected chi connectivity index (χ1v) is 9.51. The molecule has 1 amide bonds. The zero-order valence-corrected chi connectivity index (χ0v) is 16.8. The van der Waals surface area contributed by atoms with Crippen LogP contribution in [-0.2, 0) is 6.42 Å². The van der Waals surface area contributed by atoms with E-state index in [1.807, 2.05) is 23.1 Å². The van der Waals surface area contributed by atoms with E-state index in [0.717, 1.165) is 31.8 Å². The Labute approximate surface area is 166 Å². The van der Waals surface area contributed by atoms with E-state index in [1.165, 1.54) is 5.56 Å². The monoisotopic (exact) mass is 384 g/mol. The van der Waals surface area contributed by atoms with Crippen molar-refractivity contribution in [2.45, 2.75) is 6.42 Å². The Morgan fingerprint density at radius 3 is 2.14 bits per heavy atom. The molecule has 0 spiro atoms. The van der Waals surface area contributed by atoms with Gasteiger partial charge in [-0.3, -0.25) is 9.69 Å². The highest BCUT2D eigenvalue weighted by Crippen LogP contribution is 2.24. The number of nitrogens with zero attached hydrogens (tertiary/aromatic N) is 2. The smallest absolute Gasteiger partial charge is 0.254 e. The van der Waals surface area contributed by atoms with E-state index >= 15 is 0 Å². The van der Waals surface area contributed by atoms with Crippen LogP contribution >= 0.6 is 0 Å². The van der Waals surface area contributed by atoms with Crippen LogP contribution < -0.4 is 14.2 Å². The van der Waals surface area contributed by atoms with Gasteiger partial charge in [-0.25, -0.2) is 0 Å². The summed E-state index contributed by atoms with van der Waals surface area (Å²) in [6, 6.07) is 13.4. The predicted molar refractivity (Wildman–Crippen MR) is 109 cm³/mol. The Bertz CT molecular complexity index is 779. The number of carbonyl (C=O) groups excluding carboxylic acids is 1. The number of carbonyl (C=O) groups is 1. The summed E-state index contributed by atoms with van der Waals surface area (Å²) in [5.74, 6) is 2.20. The van der Waals surface area contributed by atoms with Crippen LogP contribution in [0.3, 0.4) is 0 Å². The molecule has 1 aliphatic heterocycles. The maximum absolute atomic E-state index is 12.9. The maximum atomic E-state index is 12.9. The van der Waals surface area contributed by atoms with Crippen LogP contribution in [-0.4, -0.2) is 69.8 Å². The highest BCUT2D eigenvalue weighted by Gasteiger charge is 2.23. The summed E-state index contributed by atoms with van der Waals surface area (Å²) < 4.78 is 16.0. The number of benzene rings is 2. The van der Waals surface area contributed by atoms with Crippen molar-refractivity contribution in [2.24, 2.45) is 0 Å². The minimum atomic E-state index is 0.0154. The van der Waals surface area contributed by atoms with Crippen LogP contribution in [0.2, 0.25) is 0 Å². The molecule has 0 radical (unpaired) electrons. The number of amides is 1. The minimum absolute atomic E-state index is 0.0154. The lowest BCUT2D eigenvalue weighted by molar-refractivity contribution is 0.0637. The number of rotatable bonds is 7. The first-order valence-electron chi connectivity index (χ1n) is 9.51. The zero-order chi connectivity index (χ0) is 19.9. The summed E-state index contributed by atoms with van der Waals surface area (Å²) in [7, 11) is 4.88. The normalized spacial score (nSPS) is 14.6. The Hall–Kier alpha value is -2.73. The van der Waals surface area contributed by atoms with Crippen molar-refractivity contribution in [2.75, 3.05) is 54.1 Å². The average molecular weight is 384 g/mol. The zero-order valence-electron chi connectivity index (χ0n) is 16.8. The van der Waals surface area contributed by atoms with Gasteiger partial charge < -0.3 is 19.1 Å². The molecule has 28 heavy (non-hydrogen) atoms. The highest BCUT2D eigenvalue weighted by atomic mass is 16.5. The van der Waals surface area contributed by atoms with Gasteiger partial charge in [0.15, 0.2) is 0 Å². The number of hydrogen-bond acceptors (Lipinski definition) is 5. The van der Waals surface area contributed by atoms with Crippen molar-refractivity contribution in [1.82, 2.24) is 9.80 Å². The van der Waals surface area contributed by atoms with Crippen molar-refractivity contribution in [3.63, 3.8) is 0 Å². The Balaban J connectivity index is 1.55. The fourth-order valence-corrected chi connectivity index (χ4v) is 3.48. The molecular formula is C22H28N2O4. The summed E-state index contributed by atoms with van der Waals surface area (Å²) in [4.78, 5) is 17.2. The van der Waals surface area contributed by atoms with E-state index in [9.17, 15) is 4.79 Å². The predicted octanol–water partition coefficient (Wildman–Crippen LogP) is 2.71. The van der Waals surface area contributed by atoms with Gasteiger partial charge in [0.25, 0.3) is 5.91 Å². The van der Waals surface area contributed by atoms with Gasteiger partial charge in [-0.2, -0.15) is 0 Å². The number of methoxy groups -OCH3 is 3. The van der Waals surface area contributed by atoms with Crippen LogP contribution in [0.5, 0.6) is 17.2 Å². The molecule has 2 aromatic carbocycles. The standard InChI is InChI=1S/C22H28N2O4/c1-26-19-14-18(15-20(16-19)27-2)22(25)24-12-10-23(11-13-24)9-8-17-6-4-5-7-21(17)28-3/h4-7,14-16H,8-13H2,1-3H3. The molecule has 1 heterocycles. The average Bonchev–Trinajstić information content (AvgIpc) is 2.77. The van der Waals surface area contributed by atoms with Gasteiger partial charge >= 0.3 is 0 Å². The molecule has 6 heteroatoms. The third-order valence-electron chi connectivity index (χ3n) is 5.15. The minimum Gasteiger partial charge on any atom is -0.497 e. The van der Waals surface area contributed by atoms with E-state index in [-0.39, 0.29) is 5.91 Å². The second-order valence-electron chi connectivity index (χ2n) is 6.80. The molecule has 1 saturated heterocycles. The highest BCUT2D eigenvalue weighted by molar-refractivity contribution is 5.95. The van der Waals surface area contributed by atoms with Crippen molar-refractivity contribution in [3.05, 3.63) is 53.6 Å². The van der Waals surface area contributed by atoms with E-state index in [2.05, 4.69) is 11.0 Å². The van der Waals surface area contributed by atoms with Gasteiger partial charge in [-0.05, 0) is 30.2 Å². The molecule has 2 aromatic rings. The van der Waals surface area contributed by atoms with Crippen LogP contribution in [0.15, 0.2) is 42.5 Å². The molecule has 0 aliphatic carbocycles. The van der Waals surface area contributed by atoms with E-state index in [0.29, 0.717) is 30.2 Å². The van der Waals surface area contributed by atoms with Gasteiger partial charge in [0.2, 0.25) is 0 Å². The second kappa shape index (κ2) is 9.46. The topological polar surface area (TPSA) is 51.2 Å². The Morgan fingerprint density at radius 2 is 1.54 bits per heavy atom. The molecule has 0 N–H and O–H groups in total. The molecule has 6 nitrogen and oxygen atoms in total. The number of hydrogen-bond donors (Lipinski definition) is 0. The first-order chi connectivity index (χ1) is 13.6. The lowest BCUT2D eigenvalue weighted by atomic mass is 10.1. The fraction of sp³-hybridized carbons (Fsp3) is 0.409. The van der Waals surface area contributed by atoms with Gasteiger partial charge in [0, 0.05) is 44.4 Å². The largest absolute Gasteiger partial charge is 0.497 e. The molecule has 0 bridgehead atoms. The van der Waals surface area contributed by atoms with Crippen molar-refractivity contribution >= 4 is 5.91 Å². The summed E-state index contributed by atoms with van der Waals surface area (Å²) in [6.45, 7) is 4.11. The molecule has 0 atom stereocenters. The molecule has 0 saturated carbocycles. The third-order valence-corrected chi connectivity index (χ3v) is 5.15. The summed E-state index contributed by atoms with van der Waals surface area (Å²) in [6.07, 6.45) is 0.936. The van der Waals surface area contributed by atoms with Gasteiger partial charge in [0.05, 0.1) is 21.3 Å². The third kappa shape index (κ3) is 4.75. The molecule has 1 aliphatic rings. The number of piperazine rings is 1. The van der Waals surface area contributed by atoms with E-state index in [4.69, 9.17) is 14.2 Å². The molecule has 0 aromatic heterocycles. The van der Waals surface area contributed by atoms with Crippen molar-refractivity contribution in [3.8, 4) is 17.2 Å². The fourth-order valence-electron chi connectivity index (χ4n) is 3.48. The van der Waals surface area contributed by atoms with Crippen molar-refractivity contribution < 1.29 is 19.0 Å². The number of para-hydroxylation sites is 1. The Kier molecular flexibility index (Phi) is 6.76. The molecule has 1 fully saturated rings. The summed E-state index contributed by atoms with van der Waals surface area (Å²) >= 11 is 0. The van der Waals surface area contributed by atoms with Gasteiger partial charge in [-0.1, -0.05) is 18.2 Å². The lowest BCUT2D eigenvalue weighted by Crippen LogP contribution is -2.49. The quantitative estimate of drug-likeness (QED) is 0.735. The molecule has 0 unspecified atom stereocenters. The van der Waals surface area contributed by atoms with Crippen molar-refractivity contribution in [1.29, 1.82) is 0 Å². The van der Waals surface area contributed by atoms with Gasteiger partial charge in [-0.15, -0.1) is 0 Å². The molecule has 150 valence electrons. The number of ether oxygens (including phenoxy) is 3. The summed E-state index contributed by atoms with van der Waals surface area (Å²) in [5, 5.41) is 0. The van der Waals surface area contributed by atoms with Crippen LogP contribution in [0.4, 0.5) is 0 Å². The van der Waals surface area contributed by atoms with Gasteiger partial charge in [0.1, 0.15) is 17.2 Å². The Morgan fingerprint density at radius 1 is 0.893 bits per heavy atom. The SMILES string of the molecule is COc1cc(OC)cc(C(=O)N2CCN(CCc3ccccc3OC)CC2)c1. The van der Waals surface area contributed by atoms with E-state index in [1.54, 1.807) is 39.5 Å². The van der Waals surface area contributed by atoms with E-state index < -0.39 is 0 Å². The lowest BCUT2D eigenvalue weighted by Gasteiger charge is -2.35.